The van der Waals surface area contributed by atoms with Gasteiger partial charge in [-0.2, -0.15) is 0 Å². The van der Waals surface area contributed by atoms with Crippen molar-refractivity contribution in [3.63, 3.8) is 0 Å². The molecule has 1 aromatic rings. The molecule has 0 unspecified atom stereocenters. The standard InChI is InChI=1S/C16H18N2O2/c1-11-8-15(19)18(16(20)9-11)14-10-13(4-3-7-17)6-5-12(14)2/h5-6,10-11H,7-9,17H2,1-2H3. The molecular weight excluding hydrogens is 252 g/mol. The lowest BCUT2D eigenvalue weighted by molar-refractivity contribution is -0.130. The van der Waals surface area contributed by atoms with Crippen LogP contribution in [0.3, 0.4) is 0 Å². The summed E-state index contributed by atoms with van der Waals surface area (Å²) in [6.45, 7) is 4.08. The highest BCUT2D eigenvalue weighted by Gasteiger charge is 2.32. The van der Waals surface area contributed by atoms with Gasteiger partial charge in [0.2, 0.25) is 11.8 Å². The number of aryl methyl sites for hydroxylation is 1. The number of nitrogens with zero attached hydrogens (tertiary/aromatic N) is 1. The molecule has 0 aliphatic carbocycles. The van der Waals surface area contributed by atoms with Crippen molar-refractivity contribution in [2.75, 3.05) is 11.4 Å². The van der Waals surface area contributed by atoms with Crippen LogP contribution in [0.2, 0.25) is 0 Å². The quantitative estimate of drug-likeness (QED) is 0.622. The average Bonchev–Trinajstić information content (AvgIpc) is 2.38. The molecule has 2 N–H and O–H groups in total. The number of imide groups is 1. The van der Waals surface area contributed by atoms with Gasteiger partial charge in [0.15, 0.2) is 0 Å². The number of piperidine rings is 1. The molecule has 0 atom stereocenters. The summed E-state index contributed by atoms with van der Waals surface area (Å²) in [5.74, 6) is 5.54. The van der Waals surface area contributed by atoms with Crippen LogP contribution < -0.4 is 10.6 Å². The molecule has 0 spiro atoms. The first-order valence-electron chi connectivity index (χ1n) is 6.68. The zero-order valence-corrected chi connectivity index (χ0v) is 11.8. The Bertz CT molecular complexity index is 593. The van der Waals surface area contributed by atoms with E-state index in [0.717, 1.165) is 11.1 Å². The normalized spacial score (nSPS) is 16.1. The number of amides is 2. The van der Waals surface area contributed by atoms with Gasteiger partial charge in [0.1, 0.15) is 0 Å². The smallest absolute Gasteiger partial charge is 0.234 e. The predicted molar refractivity (Wildman–Crippen MR) is 78.0 cm³/mol. The van der Waals surface area contributed by atoms with E-state index >= 15 is 0 Å². The molecule has 2 amide bonds. The van der Waals surface area contributed by atoms with Crippen LogP contribution in [-0.2, 0) is 9.59 Å². The number of nitrogens with two attached hydrogens (primary N) is 1. The van der Waals surface area contributed by atoms with Crippen LogP contribution in [0, 0.1) is 24.7 Å². The van der Waals surface area contributed by atoms with Gasteiger partial charge in [-0.1, -0.05) is 24.8 Å². The fraction of sp³-hybridized carbons (Fsp3) is 0.375. The van der Waals surface area contributed by atoms with Crippen LogP contribution in [0.4, 0.5) is 5.69 Å². The Hall–Kier alpha value is -2.12. The second-order valence-electron chi connectivity index (χ2n) is 5.14. The van der Waals surface area contributed by atoms with E-state index in [1.54, 1.807) is 6.07 Å². The highest BCUT2D eigenvalue weighted by Crippen LogP contribution is 2.28. The fourth-order valence-electron chi connectivity index (χ4n) is 2.34. The number of anilines is 1. The van der Waals surface area contributed by atoms with Crippen LogP contribution in [0.15, 0.2) is 18.2 Å². The Morgan fingerprint density at radius 2 is 1.95 bits per heavy atom. The second-order valence-corrected chi connectivity index (χ2v) is 5.14. The van der Waals surface area contributed by atoms with Gasteiger partial charge in [-0.3, -0.25) is 14.5 Å². The Morgan fingerprint density at radius 1 is 1.30 bits per heavy atom. The van der Waals surface area contributed by atoms with Crippen LogP contribution in [0.25, 0.3) is 0 Å². The summed E-state index contributed by atoms with van der Waals surface area (Å²) in [5.41, 5.74) is 7.64. The molecule has 4 nitrogen and oxygen atoms in total. The molecule has 0 radical (unpaired) electrons. The first-order valence-corrected chi connectivity index (χ1v) is 6.68. The number of carbonyl (C=O) groups is 2. The van der Waals surface area contributed by atoms with Crippen LogP contribution >= 0.6 is 0 Å². The van der Waals surface area contributed by atoms with Crippen molar-refractivity contribution < 1.29 is 9.59 Å². The average molecular weight is 270 g/mol. The summed E-state index contributed by atoms with van der Waals surface area (Å²) in [4.78, 5) is 25.6. The number of benzene rings is 1. The van der Waals surface area contributed by atoms with Crippen molar-refractivity contribution in [2.45, 2.75) is 26.7 Å². The largest absolute Gasteiger partial charge is 0.320 e. The van der Waals surface area contributed by atoms with Gasteiger partial charge in [-0.15, -0.1) is 0 Å². The molecule has 2 rings (SSSR count). The first kappa shape index (κ1) is 14.3. The van der Waals surface area contributed by atoms with E-state index in [9.17, 15) is 9.59 Å². The maximum Gasteiger partial charge on any atom is 0.234 e. The molecule has 0 saturated carbocycles. The summed E-state index contributed by atoms with van der Waals surface area (Å²) in [5, 5.41) is 0. The number of hydrogen-bond donors (Lipinski definition) is 1. The van der Waals surface area contributed by atoms with E-state index in [0.29, 0.717) is 18.5 Å². The van der Waals surface area contributed by atoms with E-state index in [2.05, 4.69) is 11.8 Å². The lowest BCUT2D eigenvalue weighted by Crippen LogP contribution is -2.43. The van der Waals surface area contributed by atoms with E-state index in [1.807, 2.05) is 26.0 Å². The zero-order valence-electron chi connectivity index (χ0n) is 11.8. The maximum absolute atomic E-state index is 12.1. The van der Waals surface area contributed by atoms with E-state index in [-0.39, 0.29) is 24.3 Å². The minimum absolute atomic E-state index is 0.117. The van der Waals surface area contributed by atoms with Gasteiger partial charge >= 0.3 is 0 Å². The Morgan fingerprint density at radius 3 is 2.55 bits per heavy atom. The third-order valence-electron chi connectivity index (χ3n) is 3.33. The summed E-state index contributed by atoms with van der Waals surface area (Å²) >= 11 is 0. The zero-order chi connectivity index (χ0) is 14.7. The Kier molecular flexibility index (Phi) is 4.21. The molecule has 1 aromatic carbocycles. The second kappa shape index (κ2) is 5.89. The van der Waals surface area contributed by atoms with Gasteiger partial charge < -0.3 is 5.73 Å². The first-order chi connectivity index (χ1) is 9.52. The van der Waals surface area contributed by atoms with Crippen LogP contribution in [-0.4, -0.2) is 18.4 Å². The number of hydrogen-bond acceptors (Lipinski definition) is 3. The van der Waals surface area contributed by atoms with Gasteiger partial charge in [0.05, 0.1) is 12.2 Å². The fourth-order valence-corrected chi connectivity index (χ4v) is 2.34. The topological polar surface area (TPSA) is 63.4 Å². The van der Waals surface area contributed by atoms with Crippen LogP contribution in [0.1, 0.15) is 30.9 Å². The van der Waals surface area contributed by atoms with Crippen molar-refractivity contribution in [2.24, 2.45) is 11.7 Å². The minimum Gasteiger partial charge on any atom is -0.320 e. The van der Waals surface area contributed by atoms with Gasteiger partial charge in [0.25, 0.3) is 0 Å². The lowest BCUT2D eigenvalue weighted by Gasteiger charge is -2.29. The molecule has 4 heteroatoms. The molecule has 0 bridgehead atoms. The highest BCUT2D eigenvalue weighted by atomic mass is 16.2. The van der Waals surface area contributed by atoms with Gasteiger partial charge in [0, 0.05) is 18.4 Å². The summed E-state index contributed by atoms with van der Waals surface area (Å²) in [6.07, 6.45) is 0.813. The van der Waals surface area contributed by atoms with Crippen molar-refractivity contribution in [1.82, 2.24) is 0 Å². The predicted octanol–water partition coefficient (Wildman–Crippen LogP) is 1.59. The molecule has 1 saturated heterocycles. The lowest BCUT2D eigenvalue weighted by atomic mass is 9.96. The molecular formula is C16H18N2O2. The molecule has 1 fully saturated rings. The third kappa shape index (κ3) is 2.89. The summed E-state index contributed by atoms with van der Waals surface area (Å²) in [7, 11) is 0. The minimum atomic E-state index is -0.138. The molecule has 104 valence electrons. The van der Waals surface area contributed by atoms with Gasteiger partial charge in [-0.05, 0) is 30.5 Å². The van der Waals surface area contributed by atoms with Crippen molar-refractivity contribution in [1.29, 1.82) is 0 Å². The van der Waals surface area contributed by atoms with Crippen molar-refractivity contribution in [3.8, 4) is 11.8 Å². The maximum atomic E-state index is 12.1. The summed E-state index contributed by atoms with van der Waals surface area (Å²) in [6, 6.07) is 5.52. The van der Waals surface area contributed by atoms with E-state index in [1.165, 1.54) is 4.90 Å². The van der Waals surface area contributed by atoms with Crippen molar-refractivity contribution >= 4 is 17.5 Å². The number of carbonyl (C=O) groups excluding carboxylic acids is 2. The van der Waals surface area contributed by atoms with E-state index < -0.39 is 0 Å². The number of rotatable bonds is 1. The van der Waals surface area contributed by atoms with Crippen LogP contribution in [0.5, 0.6) is 0 Å². The molecule has 20 heavy (non-hydrogen) atoms. The SMILES string of the molecule is Cc1ccc(C#CCN)cc1N1C(=O)CC(C)CC1=O. The molecule has 1 aliphatic heterocycles. The van der Waals surface area contributed by atoms with E-state index in [4.69, 9.17) is 5.73 Å². The third-order valence-corrected chi connectivity index (χ3v) is 3.33. The Labute approximate surface area is 118 Å². The summed E-state index contributed by atoms with van der Waals surface area (Å²) < 4.78 is 0. The molecule has 1 heterocycles. The highest BCUT2D eigenvalue weighted by molar-refractivity contribution is 6.17. The molecule has 1 aliphatic rings. The van der Waals surface area contributed by atoms with Crippen molar-refractivity contribution in [3.05, 3.63) is 29.3 Å². The molecule has 0 aromatic heterocycles. The monoisotopic (exact) mass is 270 g/mol. The Balaban J connectivity index is 2.40. The van der Waals surface area contributed by atoms with Gasteiger partial charge in [-0.25, -0.2) is 0 Å².